The first-order valence-electron chi connectivity index (χ1n) is 12.2. The van der Waals surface area contributed by atoms with Gasteiger partial charge >= 0.3 is 0 Å². The van der Waals surface area contributed by atoms with Crippen LogP contribution in [-0.4, -0.2) is 50.1 Å². The minimum Gasteiger partial charge on any atom is -0.419 e. The molecule has 0 unspecified atom stereocenters. The van der Waals surface area contributed by atoms with Crippen LogP contribution in [0.4, 0.5) is 5.82 Å². The van der Waals surface area contributed by atoms with Crippen molar-refractivity contribution in [3.63, 3.8) is 0 Å². The zero-order chi connectivity index (χ0) is 26.6. The van der Waals surface area contributed by atoms with E-state index in [0.29, 0.717) is 22.9 Å². The maximum absolute atomic E-state index is 9.47. The third-order valence-electron chi connectivity index (χ3n) is 7.34. The normalized spacial score (nSPS) is 35.6. The summed E-state index contributed by atoms with van der Waals surface area (Å²) in [5.74, 6) is -0.160. The Hall–Kier alpha value is -1.71. The van der Waals surface area contributed by atoms with Gasteiger partial charge in [0.2, 0.25) is 5.69 Å². The summed E-state index contributed by atoms with van der Waals surface area (Å²) in [5.41, 5.74) is 5.86. The molecule has 1 aliphatic carbocycles. The Morgan fingerprint density at radius 2 is 2.22 bits per heavy atom. The van der Waals surface area contributed by atoms with E-state index in [2.05, 4.69) is 30.5 Å². The van der Waals surface area contributed by atoms with Crippen molar-refractivity contribution in [1.29, 1.82) is 5.26 Å². The molecule has 0 amide bonds. The zero-order valence-corrected chi connectivity index (χ0v) is 23.9. The van der Waals surface area contributed by atoms with E-state index < -0.39 is 29.8 Å². The van der Waals surface area contributed by atoms with Gasteiger partial charge in [-0.05, 0) is 76.8 Å². The number of allylic oxidation sites excluding steroid dienone is 1. The number of hydrogen-bond acceptors (Lipinski definition) is 11. The van der Waals surface area contributed by atoms with Gasteiger partial charge in [-0.1, -0.05) is 23.5 Å². The average Bonchev–Trinajstić information content (AvgIpc) is 3.47. The molecule has 13 heteroatoms. The number of rotatable bonds is 7. The zero-order valence-electron chi connectivity index (χ0n) is 21.3. The second kappa shape index (κ2) is 9.79. The quantitative estimate of drug-likeness (QED) is 0.280. The molecule has 2 aromatic heterocycles. The van der Waals surface area contributed by atoms with Gasteiger partial charge in [0.05, 0.1) is 18.4 Å². The number of aromatic nitrogens is 3. The molecule has 3 fully saturated rings. The fourth-order valence-corrected chi connectivity index (χ4v) is 12.5. The summed E-state index contributed by atoms with van der Waals surface area (Å²) in [6, 6.07) is 3.68. The number of nitrogens with two attached hydrogens (primary N) is 1. The van der Waals surface area contributed by atoms with E-state index >= 15 is 0 Å². The summed E-state index contributed by atoms with van der Waals surface area (Å²) in [6.45, 7) is 12.1. The SMILES string of the molecule is C=C(C)[C@H]1CC[C@@]2(C)S[P@](=S)(OC[C@@H](OC#N)[C@H]3OC(C)(C)O[C@H]3c3ccc4c(N)ncnn34)O[C@@H]2C1. The molecule has 7 atom stereocenters. The van der Waals surface area contributed by atoms with Crippen molar-refractivity contribution in [2.75, 3.05) is 12.3 Å². The van der Waals surface area contributed by atoms with Gasteiger partial charge in [-0.3, -0.25) is 0 Å². The lowest BCUT2D eigenvalue weighted by Crippen LogP contribution is -2.39. The minimum absolute atomic E-state index is 0.00379. The first-order chi connectivity index (χ1) is 17.4. The van der Waals surface area contributed by atoms with E-state index in [1.54, 1.807) is 22.2 Å². The Morgan fingerprint density at radius 3 is 2.95 bits per heavy atom. The Balaban J connectivity index is 1.36. The Labute approximate surface area is 225 Å². The van der Waals surface area contributed by atoms with Gasteiger partial charge in [-0.15, -0.1) is 0 Å². The van der Waals surface area contributed by atoms with Crippen molar-refractivity contribution in [2.45, 2.75) is 81.9 Å². The molecular weight excluding hydrogens is 533 g/mol. The monoisotopic (exact) mass is 565 g/mol. The van der Waals surface area contributed by atoms with Gasteiger partial charge in [0.15, 0.2) is 17.7 Å². The molecule has 2 aliphatic heterocycles. The predicted octanol–water partition coefficient (Wildman–Crippen LogP) is 4.88. The van der Waals surface area contributed by atoms with Crippen LogP contribution in [0.3, 0.4) is 0 Å². The average molecular weight is 566 g/mol. The predicted molar refractivity (Wildman–Crippen MR) is 144 cm³/mol. The molecule has 4 heterocycles. The topological polar surface area (TPSA) is 126 Å². The van der Waals surface area contributed by atoms with Crippen LogP contribution in [0, 0.1) is 17.4 Å². The van der Waals surface area contributed by atoms with E-state index in [1.807, 2.05) is 26.0 Å². The number of nitrogen functional groups attached to an aromatic ring is 1. The maximum Gasteiger partial charge on any atom is 0.286 e. The molecule has 2 N–H and O–H groups in total. The van der Waals surface area contributed by atoms with Crippen molar-refractivity contribution in [3.05, 3.63) is 36.3 Å². The molecule has 10 nitrogen and oxygen atoms in total. The number of ether oxygens (including phenoxy) is 3. The van der Waals surface area contributed by atoms with Crippen LogP contribution >= 0.6 is 17.1 Å². The van der Waals surface area contributed by atoms with Crippen LogP contribution in [0.25, 0.3) is 5.52 Å². The van der Waals surface area contributed by atoms with E-state index in [1.165, 1.54) is 11.9 Å². The maximum atomic E-state index is 9.47. The summed E-state index contributed by atoms with van der Waals surface area (Å²) >= 11 is 7.55. The van der Waals surface area contributed by atoms with Gasteiger partial charge in [0, 0.05) is 4.75 Å². The largest absolute Gasteiger partial charge is 0.419 e. The van der Waals surface area contributed by atoms with Crippen molar-refractivity contribution >= 4 is 40.2 Å². The molecule has 2 saturated heterocycles. The lowest BCUT2D eigenvalue weighted by atomic mass is 9.77. The van der Waals surface area contributed by atoms with Gasteiger partial charge < -0.3 is 29.0 Å². The van der Waals surface area contributed by atoms with Crippen molar-refractivity contribution < 1.29 is 23.3 Å². The van der Waals surface area contributed by atoms with E-state index in [0.717, 1.165) is 19.3 Å². The molecule has 5 rings (SSSR count). The summed E-state index contributed by atoms with van der Waals surface area (Å²) in [4.78, 5) is 4.05. The number of fused-ring (bicyclic) bond motifs is 2. The third-order valence-corrected chi connectivity index (χ3v) is 13.2. The van der Waals surface area contributed by atoms with Gasteiger partial charge in [-0.25, -0.2) is 9.50 Å². The number of nitriles is 1. The fourth-order valence-electron chi connectivity index (χ4n) is 5.35. The molecule has 2 aromatic rings. The standard InChI is InChI=1S/C24H32N5O5PS2/c1-14(2)15-8-9-24(5)19(10-15)34-35(36,37-24)31-11-18(30-12-25)21-20(32-23(3,4)33-21)16-6-7-17-22(26)27-13-28-29(16)17/h6-7,13,15,18-21H,1,8-11H2,2-5H3,(H2,26,27,28)/t15-,18+,19+,20-,21+,24+,35+/m0/s1. The highest BCUT2D eigenvalue weighted by Gasteiger charge is 2.54. The fraction of sp³-hybridized carbons (Fsp3) is 0.625. The van der Waals surface area contributed by atoms with Crippen LogP contribution in [0.15, 0.2) is 30.6 Å². The second-order valence-corrected chi connectivity index (χ2v) is 17.1. The molecule has 200 valence electrons. The van der Waals surface area contributed by atoms with Crippen LogP contribution in [-0.2, 0) is 35.1 Å². The molecule has 37 heavy (non-hydrogen) atoms. The van der Waals surface area contributed by atoms with E-state index in [4.69, 9.17) is 40.8 Å². The lowest BCUT2D eigenvalue weighted by molar-refractivity contribution is -0.157. The number of nitrogens with zero attached hydrogens (tertiary/aromatic N) is 4. The number of anilines is 1. The Morgan fingerprint density at radius 1 is 1.43 bits per heavy atom. The van der Waals surface area contributed by atoms with Gasteiger partial charge in [-0.2, -0.15) is 10.4 Å². The molecule has 3 aliphatic rings. The van der Waals surface area contributed by atoms with Gasteiger partial charge in [0.25, 0.3) is 6.26 Å². The van der Waals surface area contributed by atoms with Crippen LogP contribution in [0.1, 0.15) is 58.8 Å². The molecule has 0 bridgehead atoms. The van der Waals surface area contributed by atoms with E-state index in [-0.39, 0.29) is 17.5 Å². The molecule has 1 saturated carbocycles. The Bertz CT molecular complexity index is 1300. The van der Waals surface area contributed by atoms with Crippen LogP contribution < -0.4 is 5.73 Å². The van der Waals surface area contributed by atoms with Gasteiger partial charge in [0.1, 0.15) is 24.1 Å². The minimum atomic E-state index is -2.68. The summed E-state index contributed by atoms with van der Waals surface area (Å²) in [6.07, 6.45) is 4.06. The second-order valence-electron chi connectivity index (χ2n) is 10.5. The molecule has 0 radical (unpaired) electrons. The first kappa shape index (κ1) is 26.9. The smallest absolute Gasteiger partial charge is 0.286 e. The highest BCUT2D eigenvalue weighted by atomic mass is 32.9. The van der Waals surface area contributed by atoms with Crippen LogP contribution in [0.5, 0.6) is 0 Å². The summed E-state index contributed by atoms with van der Waals surface area (Å²) in [5, 5.41) is 13.8. The molecule has 0 aromatic carbocycles. The van der Waals surface area contributed by atoms with Crippen molar-refractivity contribution in [3.8, 4) is 6.26 Å². The van der Waals surface area contributed by atoms with Crippen LogP contribution in [0.2, 0.25) is 0 Å². The molecule has 0 spiro atoms. The third kappa shape index (κ3) is 5.15. The van der Waals surface area contributed by atoms with Crippen molar-refractivity contribution in [1.82, 2.24) is 14.6 Å². The summed E-state index contributed by atoms with van der Waals surface area (Å²) < 4.78 is 32.2. The summed E-state index contributed by atoms with van der Waals surface area (Å²) in [7, 11) is 0. The molecular formula is C24H32N5O5PS2. The highest BCUT2D eigenvalue weighted by molar-refractivity contribution is 8.68. The lowest BCUT2D eigenvalue weighted by Gasteiger charge is -2.37. The van der Waals surface area contributed by atoms with Crippen molar-refractivity contribution in [2.24, 2.45) is 5.92 Å². The number of hydrogen-bond donors (Lipinski definition) is 1. The first-order valence-corrected chi connectivity index (χ1v) is 16.3. The van der Waals surface area contributed by atoms with E-state index in [9.17, 15) is 5.26 Å². The highest BCUT2D eigenvalue weighted by Crippen LogP contribution is 2.75. The Kier molecular flexibility index (Phi) is 7.12.